The Bertz CT molecular complexity index is 625. The number of halogens is 2. The van der Waals surface area contributed by atoms with Gasteiger partial charge in [-0.1, -0.05) is 53.5 Å². The van der Waals surface area contributed by atoms with Crippen molar-refractivity contribution in [2.24, 2.45) is 5.73 Å². The third-order valence-corrected chi connectivity index (χ3v) is 5.48. The van der Waals surface area contributed by atoms with Gasteiger partial charge in [-0.05, 0) is 30.2 Å². The fourth-order valence-corrected chi connectivity index (χ4v) is 4.20. The molecule has 2 aromatic rings. The van der Waals surface area contributed by atoms with Crippen LogP contribution < -0.4 is 5.73 Å². The van der Waals surface area contributed by atoms with Gasteiger partial charge in [-0.15, -0.1) is 0 Å². The molecule has 0 aliphatic carbocycles. The molecule has 2 aromatic carbocycles. The minimum Gasteiger partial charge on any atom is -0.323 e. The zero-order chi connectivity index (χ0) is 14.7. The van der Waals surface area contributed by atoms with Crippen LogP contribution in [0.1, 0.15) is 17.2 Å². The Balaban J connectivity index is 2.22. The Kier molecular flexibility index (Phi) is 5.22. The Labute approximate surface area is 131 Å². The van der Waals surface area contributed by atoms with E-state index in [4.69, 9.17) is 28.9 Å². The maximum Gasteiger partial charge on any atom is 0.0761 e. The van der Waals surface area contributed by atoms with Gasteiger partial charge in [0.1, 0.15) is 0 Å². The van der Waals surface area contributed by atoms with Gasteiger partial charge in [0, 0.05) is 11.8 Å². The summed E-state index contributed by atoms with van der Waals surface area (Å²) < 4.78 is 12.4. The summed E-state index contributed by atoms with van der Waals surface area (Å²) in [5.74, 6) is 0.286. The molecule has 0 fully saturated rings. The van der Waals surface area contributed by atoms with Crippen molar-refractivity contribution in [3.63, 3.8) is 0 Å². The average Bonchev–Trinajstić information content (AvgIpc) is 2.38. The molecule has 0 amide bonds. The summed E-state index contributed by atoms with van der Waals surface area (Å²) in [4.78, 5) is 0.458. The van der Waals surface area contributed by atoms with Crippen LogP contribution >= 0.6 is 23.2 Å². The van der Waals surface area contributed by atoms with E-state index in [-0.39, 0.29) is 11.8 Å². The lowest BCUT2D eigenvalue weighted by Gasteiger charge is -2.15. The van der Waals surface area contributed by atoms with Crippen molar-refractivity contribution in [1.29, 1.82) is 0 Å². The molecule has 0 heterocycles. The van der Waals surface area contributed by atoms with E-state index in [9.17, 15) is 4.21 Å². The molecule has 0 radical (unpaired) electrons. The quantitative estimate of drug-likeness (QED) is 0.918. The van der Waals surface area contributed by atoms with Gasteiger partial charge in [0.2, 0.25) is 0 Å². The summed E-state index contributed by atoms with van der Waals surface area (Å²) in [5.41, 5.74) is 8.23. The minimum atomic E-state index is -1.33. The summed E-state index contributed by atoms with van der Waals surface area (Å²) in [6.45, 7) is 1.99. The van der Waals surface area contributed by atoms with Crippen molar-refractivity contribution in [1.82, 2.24) is 0 Å². The third kappa shape index (κ3) is 3.41. The SMILES string of the molecule is Cc1ccccc1C(N)CS(=O)c1c(Cl)cccc1Cl. The molecular formula is C15H15Cl2NOS. The van der Waals surface area contributed by atoms with Gasteiger partial charge in [-0.25, -0.2) is 0 Å². The van der Waals surface area contributed by atoms with Crippen LogP contribution in [0.15, 0.2) is 47.4 Å². The molecule has 106 valence electrons. The standard InChI is InChI=1S/C15H15Cl2NOS/c1-10-5-2-3-6-11(10)14(18)9-20(19)15-12(16)7-4-8-13(15)17/h2-8,14H,9,18H2,1H3. The summed E-state index contributed by atoms with van der Waals surface area (Å²) in [6.07, 6.45) is 0. The highest BCUT2D eigenvalue weighted by molar-refractivity contribution is 7.85. The van der Waals surface area contributed by atoms with Gasteiger partial charge >= 0.3 is 0 Å². The fraction of sp³-hybridized carbons (Fsp3) is 0.200. The predicted molar refractivity (Wildman–Crippen MR) is 85.8 cm³/mol. The first-order valence-electron chi connectivity index (χ1n) is 6.14. The number of benzene rings is 2. The lowest BCUT2D eigenvalue weighted by Crippen LogP contribution is -2.19. The van der Waals surface area contributed by atoms with Crippen molar-refractivity contribution in [2.45, 2.75) is 17.9 Å². The molecule has 0 saturated carbocycles. The first-order chi connectivity index (χ1) is 9.50. The molecule has 0 aliphatic rings. The number of hydrogen-bond acceptors (Lipinski definition) is 2. The zero-order valence-corrected chi connectivity index (χ0v) is 13.3. The van der Waals surface area contributed by atoms with Crippen molar-refractivity contribution in [3.05, 3.63) is 63.6 Å². The second-order valence-corrected chi connectivity index (χ2v) is 6.77. The topological polar surface area (TPSA) is 43.1 Å². The Morgan fingerprint density at radius 2 is 1.70 bits per heavy atom. The van der Waals surface area contributed by atoms with Crippen molar-refractivity contribution >= 4 is 34.0 Å². The summed E-state index contributed by atoms with van der Waals surface area (Å²) in [6, 6.07) is 12.6. The predicted octanol–water partition coefficient (Wildman–Crippen LogP) is 4.11. The Morgan fingerprint density at radius 1 is 1.10 bits per heavy atom. The van der Waals surface area contributed by atoms with E-state index in [0.717, 1.165) is 11.1 Å². The molecule has 2 nitrogen and oxygen atoms in total. The van der Waals surface area contributed by atoms with Crippen molar-refractivity contribution in [2.75, 3.05) is 5.75 Å². The average molecular weight is 328 g/mol. The van der Waals surface area contributed by atoms with Gasteiger partial charge in [0.15, 0.2) is 0 Å². The van der Waals surface area contributed by atoms with E-state index in [0.29, 0.717) is 14.9 Å². The van der Waals surface area contributed by atoms with Crippen LogP contribution in [0.2, 0.25) is 10.0 Å². The van der Waals surface area contributed by atoms with Gasteiger partial charge < -0.3 is 5.73 Å². The molecule has 0 aromatic heterocycles. The van der Waals surface area contributed by atoms with Crippen LogP contribution in [0.3, 0.4) is 0 Å². The van der Waals surface area contributed by atoms with Crippen molar-refractivity contribution in [3.8, 4) is 0 Å². The van der Waals surface area contributed by atoms with Gasteiger partial charge in [-0.3, -0.25) is 4.21 Å². The normalized spacial score (nSPS) is 14.0. The maximum atomic E-state index is 12.4. The smallest absolute Gasteiger partial charge is 0.0761 e. The lowest BCUT2D eigenvalue weighted by molar-refractivity contribution is 0.675. The van der Waals surface area contributed by atoms with Crippen LogP contribution in [0.5, 0.6) is 0 Å². The first-order valence-corrected chi connectivity index (χ1v) is 8.21. The minimum absolute atomic E-state index is 0.286. The van der Waals surface area contributed by atoms with Gasteiger partial charge in [0.25, 0.3) is 0 Å². The second kappa shape index (κ2) is 6.72. The van der Waals surface area contributed by atoms with Crippen LogP contribution in [-0.4, -0.2) is 9.96 Å². The van der Waals surface area contributed by atoms with Crippen LogP contribution in [0.4, 0.5) is 0 Å². The molecule has 2 unspecified atom stereocenters. The number of nitrogens with two attached hydrogens (primary N) is 1. The molecule has 0 saturated heterocycles. The molecule has 2 N–H and O–H groups in total. The van der Waals surface area contributed by atoms with Crippen LogP contribution in [0.25, 0.3) is 0 Å². The van der Waals surface area contributed by atoms with E-state index in [1.54, 1.807) is 18.2 Å². The monoisotopic (exact) mass is 327 g/mol. The van der Waals surface area contributed by atoms with Gasteiger partial charge in [-0.2, -0.15) is 0 Å². The molecule has 20 heavy (non-hydrogen) atoms. The summed E-state index contributed by atoms with van der Waals surface area (Å²) in [5, 5.41) is 0.820. The number of rotatable bonds is 4. The largest absolute Gasteiger partial charge is 0.323 e. The van der Waals surface area contributed by atoms with E-state index in [1.165, 1.54) is 0 Å². The second-order valence-electron chi connectivity index (χ2n) is 4.53. The Morgan fingerprint density at radius 3 is 2.30 bits per heavy atom. The van der Waals surface area contributed by atoms with E-state index in [1.807, 2.05) is 31.2 Å². The molecule has 2 rings (SSSR count). The zero-order valence-electron chi connectivity index (χ0n) is 11.0. The highest BCUT2D eigenvalue weighted by atomic mass is 35.5. The summed E-state index contributed by atoms with van der Waals surface area (Å²) >= 11 is 12.1. The molecule has 2 atom stereocenters. The molecule has 0 aliphatic heterocycles. The maximum absolute atomic E-state index is 12.4. The molecular weight excluding hydrogens is 313 g/mol. The Hall–Kier alpha value is -0.870. The molecule has 0 bridgehead atoms. The first kappa shape index (κ1) is 15.5. The van der Waals surface area contributed by atoms with Crippen LogP contribution in [0, 0.1) is 6.92 Å². The third-order valence-electron chi connectivity index (χ3n) is 3.07. The highest BCUT2D eigenvalue weighted by Gasteiger charge is 2.18. The van der Waals surface area contributed by atoms with E-state index in [2.05, 4.69) is 0 Å². The lowest BCUT2D eigenvalue weighted by atomic mass is 10.0. The van der Waals surface area contributed by atoms with Crippen LogP contribution in [-0.2, 0) is 10.8 Å². The number of hydrogen-bond donors (Lipinski definition) is 1. The van der Waals surface area contributed by atoms with E-state index >= 15 is 0 Å². The molecule has 5 heteroatoms. The molecule has 0 spiro atoms. The highest BCUT2D eigenvalue weighted by Crippen LogP contribution is 2.29. The summed E-state index contributed by atoms with van der Waals surface area (Å²) in [7, 11) is -1.33. The van der Waals surface area contributed by atoms with Gasteiger partial charge in [0.05, 0.1) is 25.7 Å². The van der Waals surface area contributed by atoms with E-state index < -0.39 is 10.8 Å². The number of aryl methyl sites for hydroxylation is 1. The van der Waals surface area contributed by atoms with Crippen molar-refractivity contribution < 1.29 is 4.21 Å². The fourth-order valence-electron chi connectivity index (χ4n) is 2.04.